The van der Waals surface area contributed by atoms with Crippen LogP contribution in [0.4, 0.5) is 16.3 Å². The van der Waals surface area contributed by atoms with Crippen LogP contribution in [0.25, 0.3) is 5.57 Å². The molecule has 1 aromatic carbocycles. The molecule has 2 amide bonds. The summed E-state index contributed by atoms with van der Waals surface area (Å²) in [7, 11) is 0. The molecule has 1 aromatic heterocycles. The van der Waals surface area contributed by atoms with Gasteiger partial charge in [-0.1, -0.05) is 19.9 Å². The van der Waals surface area contributed by atoms with Gasteiger partial charge in [0.2, 0.25) is 0 Å². The third-order valence-electron chi connectivity index (χ3n) is 6.78. The number of aromatic nitrogens is 1. The number of hydrogen-bond donors (Lipinski definition) is 2. The Morgan fingerprint density at radius 2 is 1.82 bits per heavy atom. The Morgan fingerprint density at radius 1 is 1.08 bits per heavy atom. The van der Waals surface area contributed by atoms with E-state index in [9.17, 15) is 9.59 Å². The molecule has 208 valence electrons. The van der Waals surface area contributed by atoms with Gasteiger partial charge in [0, 0.05) is 68.8 Å². The van der Waals surface area contributed by atoms with E-state index in [4.69, 9.17) is 10.5 Å². The standard InChI is InChI=1S/C29H39N7O3/c1-4-39-29(38)36-14-11-22(12-15-36)25-6-5-13-31-26(25)33-28(30)32-24-9-7-23(8-10-24)27(37)35-18-16-34(17-19-35)20-21(2)3/h5-11,13,21H,4,12,14-20H2,1-3H3,(H3,30,31,32,33). The van der Waals surface area contributed by atoms with E-state index in [1.807, 2.05) is 47.4 Å². The fourth-order valence-corrected chi connectivity index (χ4v) is 4.85. The highest BCUT2D eigenvalue weighted by Crippen LogP contribution is 2.29. The molecule has 0 atom stereocenters. The zero-order chi connectivity index (χ0) is 27.8. The van der Waals surface area contributed by atoms with Crippen LogP contribution >= 0.6 is 0 Å². The molecular weight excluding hydrogens is 494 g/mol. The van der Waals surface area contributed by atoms with Gasteiger partial charge in [-0.05, 0) is 61.2 Å². The number of rotatable bonds is 7. The predicted octanol–water partition coefficient (Wildman–Crippen LogP) is 3.80. The molecule has 39 heavy (non-hydrogen) atoms. The lowest BCUT2D eigenvalue weighted by Crippen LogP contribution is -2.49. The van der Waals surface area contributed by atoms with Gasteiger partial charge in [0.1, 0.15) is 0 Å². The molecule has 2 aromatic rings. The summed E-state index contributed by atoms with van der Waals surface area (Å²) >= 11 is 0. The average Bonchev–Trinajstić information content (AvgIpc) is 2.94. The van der Waals surface area contributed by atoms with E-state index in [1.165, 1.54) is 0 Å². The fraction of sp³-hybridized carbons (Fsp3) is 0.448. The monoisotopic (exact) mass is 533 g/mol. The highest BCUT2D eigenvalue weighted by Gasteiger charge is 2.23. The van der Waals surface area contributed by atoms with Crippen LogP contribution in [-0.2, 0) is 4.74 Å². The number of benzene rings is 1. The Kier molecular flexibility index (Phi) is 9.54. The van der Waals surface area contributed by atoms with Gasteiger partial charge in [-0.15, -0.1) is 0 Å². The maximum Gasteiger partial charge on any atom is 0.410 e. The average molecular weight is 534 g/mol. The highest BCUT2D eigenvalue weighted by atomic mass is 16.6. The molecule has 10 heteroatoms. The number of nitrogens with zero attached hydrogens (tertiary/aromatic N) is 5. The van der Waals surface area contributed by atoms with Crippen LogP contribution in [0.2, 0.25) is 0 Å². The van der Waals surface area contributed by atoms with Crippen LogP contribution in [-0.4, -0.2) is 90.1 Å². The van der Waals surface area contributed by atoms with Crippen molar-refractivity contribution in [3.05, 3.63) is 59.8 Å². The van der Waals surface area contributed by atoms with Crippen molar-refractivity contribution < 1.29 is 14.3 Å². The molecule has 0 radical (unpaired) electrons. The summed E-state index contributed by atoms with van der Waals surface area (Å²) in [6, 6.07) is 11.1. The maximum atomic E-state index is 13.0. The number of ether oxygens (including phenoxy) is 1. The summed E-state index contributed by atoms with van der Waals surface area (Å²) in [5.41, 5.74) is 9.54. The molecule has 3 N–H and O–H groups in total. The van der Waals surface area contributed by atoms with Crippen molar-refractivity contribution in [3.63, 3.8) is 0 Å². The first-order valence-corrected chi connectivity index (χ1v) is 13.6. The van der Waals surface area contributed by atoms with Gasteiger partial charge in [0.25, 0.3) is 5.91 Å². The lowest BCUT2D eigenvalue weighted by atomic mass is 10.0. The number of guanidine groups is 1. The number of hydrogen-bond acceptors (Lipinski definition) is 6. The number of piperazine rings is 1. The minimum absolute atomic E-state index is 0.0489. The number of nitrogens with two attached hydrogens (primary N) is 1. The van der Waals surface area contributed by atoms with Crippen LogP contribution in [0.1, 0.15) is 43.1 Å². The number of pyridine rings is 1. The van der Waals surface area contributed by atoms with Crippen LogP contribution in [0, 0.1) is 5.92 Å². The Balaban J connectivity index is 1.37. The summed E-state index contributed by atoms with van der Waals surface area (Å²) < 4.78 is 5.10. The second-order valence-electron chi connectivity index (χ2n) is 10.2. The Bertz CT molecular complexity index is 1200. The quantitative estimate of drug-likeness (QED) is 0.411. The van der Waals surface area contributed by atoms with Crippen molar-refractivity contribution in [2.24, 2.45) is 16.6 Å². The molecule has 0 aliphatic carbocycles. The number of aliphatic imine (C=N–C) groups is 1. The van der Waals surface area contributed by atoms with Gasteiger partial charge in [-0.25, -0.2) is 9.78 Å². The number of carbonyl (C=O) groups excluding carboxylic acids is 2. The van der Waals surface area contributed by atoms with Crippen LogP contribution in [0.5, 0.6) is 0 Å². The zero-order valence-electron chi connectivity index (χ0n) is 23.1. The molecule has 0 saturated carbocycles. The third kappa shape index (κ3) is 7.57. The van der Waals surface area contributed by atoms with Crippen molar-refractivity contribution in [1.29, 1.82) is 0 Å². The first kappa shape index (κ1) is 28.1. The lowest BCUT2D eigenvalue weighted by Gasteiger charge is -2.35. The normalized spacial score (nSPS) is 16.7. The molecule has 4 rings (SSSR count). The smallest absolute Gasteiger partial charge is 0.410 e. The van der Waals surface area contributed by atoms with Gasteiger partial charge in [0.05, 0.1) is 6.61 Å². The van der Waals surface area contributed by atoms with Crippen molar-refractivity contribution >= 4 is 35.0 Å². The SMILES string of the molecule is CCOC(=O)N1CC=C(c2cccnc2N=C(N)Nc2ccc(C(=O)N3CCN(CC(C)C)CC3)cc2)CC1. The first-order chi connectivity index (χ1) is 18.8. The second kappa shape index (κ2) is 13.2. The summed E-state index contributed by atoms with van der Waals surface area (Å²) in [4.78, 5) is 39.9. The van der Waals surface area contributed by atoms with Gasteiger partial charge in [0.15, 0.2) is 11.8 Å². The minimum atomic E-state index is -0.303. The molecule has 0 bridgehead atoms. The Hall–Kier alpha value is -3.92. The Labute approximate surface area is 230 Å². The van der Waals surface area contributed by atoms with Gasteiger partial charge in [-0.3, -0.25) is 9.69 Å². The Morgan fingerprint density at radius 3 is 2.46 bits per heavy atom. The molecule has 0 unspecified atom stereocenters. The van der Waals surface area contributed by atoms with Crippen molar-refractivity contribution in [1.82, 2.24) is 19.7 Å². The van der Waals surface area contributed by atoms with Crippen LogP contribution in [0.15, 0.2) is 53.7 Å². The third-order valence-corrected chi connectivity index (χ3v) is 6.78. The molecular formula is C29H39N7O3. The van der Waals surface area contributed by atoms with Crippen molar-refractivity contribution in [3.8, 4) is 0 Å². The van der Waals surface area contributed by atoms with E-state index in [-0.39, 0.29) is 18.0 Å². The summed E-state index contributed by atoms with van der Waals surface area (Å²) in [5, 5.41) is 3.09. The second-order valence-corrected chi connectivity index (χ2v) is 10.2. The van der Waals surface area contributed by atoms with Gasteiger partial charge < -0.3 is 25.6 Å². The van der Waals surface area contributed by atoms with Crippen LogP contribution < -0.4 is 11.1 Å². The largest absolute Gasteiger partial charge is 0.450 e. The van der Waals surface area contributed by atoms with Crippen molar-refractivity contribution in [2.75, 3.05) is 57.7 Å². The highest BCUT2D eigenvalue weighted by molar-refractivity contribution is 5.97. The topological polar surface area (TPSA) is 116 Å². The molecule has 10 nitrogen and oxygen atoms in total. The lowest BCUT2D eigenvalue weighted by molar-refractivity contribution is 0.0623. The summed E-state index contributed by atoms with van der Waals surface area (Å²) in [6.07, 6.45) is 4.04. The molecule has 1 fully saturated rings. The maximum absolute atomic E-state index is 13.0. The van der Waals surface area contributed by atoms with Crippen LogP contribution in [0.3, 0.4) is 0 Å². The summed E-state index contributed by atoms with van der Waals surface area (Å²) in [5.74, 6) is 1.37. The predicted molar refractivity (Wildman–Crippen MR) is 154 cm³/mol. The van der Waals surface area contributed by atoms with Gasteiger partial charge >= 0.3 is 6.09 Å². The molecule has 3 heterocycles. The molecule has 2 aliphatic rings. The number of nitrogens with one attached hydrogen (secondary N) is 1. The first-order valence-electron chi connectivity index (χ1n) is 13.6. The van der Waals surface area contributed by atoms with E-state index < -0.39 is 0 Å². The fourth-order valence-electron chi connectivity index (χ4n) is 4.85. The van der Waals surface area contributed by atoms with E-state index in [0.717, 1.165) is 49.5 Å². The van der Waals surface area contributed by atoms with E-state index >= 15 is 0 Å². The van der Waals surface area contributed by atoms with E-state index in [2.05, 4.69) is 34.0 Å². The van der Waals surface area contributed by atoms with Gasteiger partial charge in [-0.2, -0.15) is 4.99 Å². The minimum Gasteiger partial charge on any atom is -0.450 e. The number of carbonyl (C=O) groups is 2. The molecule has 2 aliphatic heterocycles. The van der Waals surface area contributed by atoms with E-state index in [1.54, 1.807) is 18.0 Å². The number of amides is 2. The summed E-state index contributed by atoms with van der Waals surface area (Å²) in [6.45, 7) is 12.0. The molecule has 1 saturated heterocycles. The molecule has 0 spiro atoms. The zero-order valence-corrected chi connectivity index (χ0v) is 23.1. The van der Waals surface area contributed by atoms with Crippen molar-refractivity contribution in [2.45, 2.75) is 27.2 Å². The number of anilines is 1. The van der Waals surface area contributed by atoms with E-state index in [0.29, 0.717) is 43.4 Å².